The zero-order chi connectivity index (χ0) is 23.5. The van der Waals surface area contributed by atoms with Crippen LogP contribution < -0.4 is 26.2 Å². The van der Waals surface area contributed by atoms with Gasteiger partial charge in [0.2, 0.25) is 0 Å². The maximum absolute atomic E-state index is 8.05. The van der Waals surface area contributed by atoms with Gasteiger partial charge in [0.05, 0.1) is 1.37 Å². The molecule has 1 aliphatic carbocycles. The molecule has 0 saturated heterocycles. The molecular formula is C31H29BN2. The molecule has 166 valence electrons. The zero-order valence-corrected chi connectivity index (χ0v) is 19.7. The minimum Gasteiger partial charge on any atom is -0.345 e. The molecule has 2 nitrogen and oxygen atoms in total. The first-order valence-corrected chi connectivity index (χ1v) is 12.7. The lowest BCUT2D eigenvalue weighted by atomic mass is 9.33. The van der Waals surface area contributed by atoms with Crippen molar-refractivity contribution in [3.63, 3.8) is 0 Å². The molecule has 34 heavy (non-hydrogen) atoms. The lowest BCUT2D eigenvalue weighted by molar-refractivity contribution is 0.444. The third kappa shape index (κ3) is 2.89. The van der Waals surface area contributed by atoms with Gasteiger partial charge in [-0.05, 0) is 77.1 Å². The summed E-state index contributed by atoms with van der Waals surface area (Å²) >= 11 is 0. The SMILES string of the molecule is [2H]c1ccc(N2c3ccccc3B3c4ccccc4N(C)c4cc(C5CCCCC5)cc2c43)cc1. The average Bonchev–Trinajstić information content (AvgIpc) is 2.91. The second-order valence-corrected chi connectivity index (χ2v) is 10.0. The van der Waals surface area contributed by atoms with E-state index in [0.717, 1.165) is 5.69 Å². The Labute approximate surface area is 204 Å². The molecule has 0 radical (unpaired) electrons. The zero-order valence-electron chi connectivity index (χ0n) is 20.7. The van der Waals surface area contributed by atoms with E-state index in [2.05, 4.69) is 89.6 Å². The molecule has 4 aromatic rings. The van der Waals surface area contributed by atoms with Crippen LogP contribution in [0.15, 0.2) is 91.0 Å². The fourth-order valence-corrected chi connectivity index (χ4v) is 6.59. The van der Waals surface area contributed by atoms with Gasteiger partial charge >= 0.3 is 0 Å². The Bertz CT molecular complexity index is 1420. The molecule has 1 fully saturated rings. The van der Waals surface area contributed by atoms with Crippen molar-refractivity contribution in [3.05, 3.63) is 96.5 Å². The van der Waals surface area contributed by atoms with Crippen molar-refractivity contribution in [2.45, 2.75) is 38.0 Å². The van der Waals surface area contributed by atoms with Crippen LogP contribution >= 0.6 is 0 Å². The van der Waals surface area contributed by atoms with Crippen molar-refractivity contribution in [3.8, 4) is 0 Å². The van der Waals surface area contributed by atoms with Crippen LogP contribution in [0.2, 0.25) is 0 Å². The Balaban J connectivity index is 1.54. The largest absolute Gasteiger partial charge is 0.345 e. The van der Waals surface area contributed by atoms with E-state index in [1.54, 1.807) is 0 Å². The molecule has 3 aliphatic rings. The van der Waals surface area contributed by atoms with Gasteiger partial charge in [-0.1, -0.05) is 73.8 Å². The number of fused-ring (bicyclic) bond motifs is 4. The third-order valence-electron chi connectivity index (χ3n) is 8.18. The van der Waals surface area contributed by atoms with Crippen molar-refractivity contribution in [2.75, 3.05) is 16.8 Å². The normalized spacial score (nSPS) is 17.1. The number of nitrogens with zero attached hydrogens (tertiary/aromatic N) is 2. The molecule has 4 aromatic carbocycles. The highest BCUT2D eigenvalue weighted by molar-refractivity contribution is 7.00. The first-order chi connectivity index (χ1) is 17.2. The van der Waals surface area contributed by atoms with Crippen molar-refractivity contribution in [1.82, 2.24) is 0 Å². The molecule has 0 unspecified atom stereocenters. The second kappa shape index (κ2) is 7.80. The van der Waals surface area contributed by atoms with Crippen LogP contribution in [0, 0.1) is 0 Å². The lowest BCUT2D eigenvalue weighted by Crippen LogP contribution is -2.61. The van der Waals surface area contributed by atoms with Gasteiger partial charge in [-0.3, -0.25) is 0 Å². The highest BCUT2D eigenvalue weighted by Gasteiger charge is 2.42. The molecule has 7 rings (SSSR count). The number of hydrogen-bond donors (Lipinski definition) is 0. The fourth-order valence-electron chi connectivity index (χ4n) is 6.59. The number of hydrogen-bond acceptors (Lipinski definition) is 2. The van der Waals surface area contributed by atoms with Crippen molar-refractivity contribution < 1.29 is 1.37 Å². The molecule has 3 heteroatoms. The summed E-state index contributed by atoms with van der Waals surface area (Å²) in [5.74, 6) is 0.629. The Morgan fingerprint density at radius 3 is 2.15 bits per heavy atom. The van der Waals surface area contributed by atoms with Crippen LogP contribution in [-0.2, 0) is 0 Å². The molecular weight excluding hydrogens is 411 g/mol. The van der Waals surface area contributed by atoms with E-state index in [0.29, 0.717) is 12.0 Å². The summed E-state index contributed by atoms with van der Waals surface area (Å²) in [6.45, 7) is 0.218. The highest BCUT2D eigenvalue weighted by Crippen LogP contribution is 2.44. The van der Waals surface area contributed by atoms with E-state index in [4.69, 9.17) is 1.37 Å². The standard InChI is InChI=1S/C31H29BN2/c1-33-27-18-10-8-16-25(27)32-26-17-9-11-19-28(26)34(24-14-6-3-7-15-24)30-21-23(20-29(33)31(30)32)22-12-4-2-5-13-22/h3,6-11,14-22H,2,4-5,12-13H2,1H3/i3D. The fraction of sp³-hybridized carbons (Fsp3) is 0.226. The first kappa shape index (κ1) is 18.9. The average molecular weight is 441 g/mol. The molecule has 2 heterocycles. The molecule has 2 aliphatic heterocycles. The molecule has 0 N–H and O–H groups in total. The van der Waals surface area contributed by atoms with Crippen LogP contribution in [0.5, 0.6) is 0 Å². The van der Waals surface area contributed by atoms with Crippen molar-refractivity contribution in [1.29, 1.82) is 0 Å². The highest BCUT2D eigenvalue weighted by atomic mass is 15.2. The first-order valence-electron chi connectivity index (χ1n) is 13.2. The Morgan fingerprint density at radius 2 is 1.38 bits per heavy atom. The van der Waals surface area contributed by atoms with Crippen molar-refractivity contribution in [2.24, 2.45) is 0 Å². The quantitative estimate of drug-likeness (QED) is 0.305. The van der Waals surface area contributed by atoms with E-state index < -0.39 is 0 Å². The molecule has 1 saturated carbocycles. The van der Waals surface area contributed by atoms with Gasteiger partial charge in [-0.2, -0.15) is 0 Å². The number of para-hydroxylation sites is 3. The summed E-state index contributed by atoms with van der Waals surface area (Å²) in [5, 5.41) is 0. The Hall–Kier alpha value is -3.46. The summed E-state index contributed by atoms with van der Waals surface area (Å²) in [6.07, 6.45) is 6.59. The van der Waals surface area contributed by atoms with E-state index in [-0.39, 0.29) is 6.71 Å². The number of anilines is 5. The van der Waals surface area contributed by atoms with E-state index >= 15 is 0 Å². The van der Waals surface area contributed by atoms with Gasteiger partial charge in [-0.25, -0.2) is 0 Å². The third-order valence-corrected chi connectivity index (χ3v) is 8.18. The smallest absolute Gasteiger partial charge is 0.252 e. The maximum Gasteiger partial charge on any atom is 0.252 e. The number of rotatable bonds is 2. The van der Waals surface area contributed by atoms with Crippen LogP contribution in [0.1, 0.15) is 45.0 Å². The Morgan fingerprint density at radius 1 is 0.735 bits per heavy atom. The van der Waals surface area contributed by atoms with Crippen LogP contribution in [0.4, 0.5) is 28.4 Å². The monoisotopic (exact) mass is 441 g/mol. The Kier molecular flexibility index (Phi) is 4.34. The maximum atomic E-state index is 8.05. The topological polar surface area (TPSA) is 6.48 Å². The van der Waals surface area contributed by atoms with Crippen LogP contribution in [-0.4, -0.2) is 13.8 Å². The molecule has 0 atom stereocenters. The summed E-state index contributed by atoms with van der Waals surface area (Å²) in [7, 11) is 2.23. The summed E-state index contributed by atoms with van der Waals surface area (Å²) in [4.78, 5) is 4.86. The second-order valence-electron chi connectivity index (χ2n) is 10.0. The number of benzene rings is 4. The van der Waals surface area contributed by atoms with E-state index in [1.807, 2.05) is 12.1 Å². The predicted octanol–water partition coefficient (Wildman–Crippen LogP) is 6.12. The molecule has 0 aromatic heterocycles. The van der Waals surface area contributed by atoms with Gasteiger partial charge in [0.25, 0.3) is 6.71 Å². The lowest BCUT2D eigenvalue weighted by Gasteiger charge is -2.44. The summed E-state index contributed by atoms with van der Waals surface area (Å²) < 4.78 is 8.05. The van der Waals surface area contributed by atoms with Crippen LogP contribution in [0.25, 0.3) is 0 Å². The van der Waals surface area contributed by atoms with Gasteiger partial charge < -0.3 is 9.80 Å². The van der Waals surface area contributed by atoms with Crippen LogP contribution in [0.3, 0.4) is 0 Å². The molecule has 0 spiro atoms. The van der Waals surface area contributed by atoms with E-state index in [9.17, 15) is 0 Å². The van der Waals surface area contributed by atoms with Gasteiger partial charge in [0.15, 0.2) is 0 Å². The summed E-state index contributed by atoms with van der Waals surface area (Å²) in [5.41, 5.74) is 11.9. The van der Waals surface area contributed by atoms with Gasteiger partial charge in [0.1, 0.15) is 0 Å². The molecule has 0 amide bonds. The van der Waals surface area contributed by atoms with Gasteiger partial charge in [-0.15, -0.1) is 0 Å². The minimum atomic E-state index is 0.218. The minimum absolute atomic E-state index is 0.218. The van der Waals surface area contributed by atoms with Gasteiger partial charge in [0, 0.05) is 35.5 Å². The summed E-state index contributed by atoms with van der Waals surface area (Å²) in [6, 6.07) is 31.3. The predicted molar refractivity (Wildman–Crippen MR) is 146 cm³/mol. The molecule has 0 bridgehead atoms. The van der Waals surface area contributed by atoms with E-state index in [1.165, 1.54) is 76.8 Å². The van der Waals surface area contributed by atoms with Crippen molar-refractivity contribution >= 4 is 51.5 Å².